The Morgan fingerprint density at radius 1 is 0.444 bits per heavy atom. The Kier molecular flexibility index (Phi) is 631. The van der Waals surface area contributed by atoms with E-state index in [4.69, 9.17) is 0 Å². The molecule has 0 unspecified atom stereocenters. The quantitative estimate of drug-likeness (QED) is 0.168. The summed E-state index contributed by atoms with van der Waals surface area (Å²) in [5.41, 5.74) is 0. The van der Waals surface area contributed by atoms with Crippen molar-refractivity contribution in [3.8, 4) is 0 Å². The van der Waals surface area contributed by atoms with Crippen LogP contribution in [-0.4, -0.2) is 81.9 Å². The predicted molar refractivity (Wildman–Crippen MR) is 17.3 cm³/mol. The molecule has 0 fully saturated rings. The second-order valence-corrected chi connectivity index (χ2v) is 0. The molecule has 0 rings (SSSR count). The topological polar surface area (TPSA) is 0 Å². The van der Waals surface area contributed by atoms with Crippen molar-refractivity contribution in [1.82, 2.24) is 0 Å². The van der Waals surface area contributed by atoms with Gasteiger partial charge in [-0.2, -0.15) is 0 Å². The second kappa shape index (κ2) is 67.5. The van der Waals surface area contributed by atoms with Gasteiger partial charge in [0, 0.05) is 0 Å². The zero-order valence-electron chi connectivity index (χ0n) is 3.77. The monoisotopic (exact) mass is 1110 g/mol. The van der Waals surface area contributed by atoms with Crippen LogP contribution in [0.4, 0.5) is 0 Å². The maximum absolute atomic E-state index is 0. The average molecular weight is 1110 g/mol. The maximum atomic E-state index is 0. The van der Waals surface area contributed by atoms with Crippen LogP contribution in [0, 0.1) is 0 Å². The minimum atomic E-state index is 0. The summed E-state index contributed by atoms with van der Waals surface area (Å²) in [5.74, 6) is 0. The Labute approximate surface area is 184 Å². The van der Waals surface area contributed by atoms with E-state index in [-0.39, 0.29) is 189 Å². The molecule has 0 amide bonds. The van der Waals surface area contributed by atoms with Gasteiger partial charge in [-0.15, -0.1) is 0 Å². The molecule has 0 aliphatic carbocycles. The maximum Gasteiger partial charge on any atom is 2.00 e. The summed E-state index contributed by atoms with van der Waals surface area (Å²) in [5, 5.41) is 0. The third kappa shape index (κ3) is 57.3. The molecule has 54 valence electrons. The molecule has 0 aromatic carbocycles. The molecule has 0 aliphatic heterocycles. The van der Waals surface area contributed by atoms with E-state index in [1.54, 1.807) is 0 Å². The summed E-state index contributed by atoms with van der Waals surface area (Å²) in [6.45, 7) is 0. The molecule has 0 aromatic heterocycles. The van der Waals surface area contributed by atoms with Crippen molar-refractivity contribution < 1.29 is 107 Å². The summed E-state index contributed by atoms with van der Waals surface area (Å²) in [6.07, 6.45) is 0. The van der Waals surface area contributed by atoms with Gasteiger partial charge in [-0.25, -0.2) is 0 Å². The van der Waals surface area contributed by atoms with Crippen LogP contribution in [0.2, 0.25) is 0 Å². The van der Waals surface area contributed by atoms with E-state index in [1.165, 1.54) is 0 Å². The van der Waals surface area contributed by atoms with Gasteiger partial charge in [0.25, 0.3) is 0 Å². The largest absolute Gasteiger partial charge is 2.00 e. The van der Waals surface area contributed by atoms with E-state index >= 15 is 0 Å². The van der Waals surface area contributed by atoms with Gasteiger partial charge >= 0.3 is 81.9 Å². The van der Waals surface area contributed by atoms with Crippen LogP contribution in [0.3, 0.4) is 0 Å². The number of hydrogen-bond acceptors (Lipinski definition) is 0. The molecule has 0 aliphatic rings. The first-order valence-electron chi connectivity index (χ1n) is 0. The van der Waals surface area contributed by atoms with Crippen molar-refractivity contribution in [2.75, 3.05) is 0 Å². The van der Waals surface area contributed by atoms with Crippen LogP contribution in [-0.2, 0) is 0 Å². The van der Waals surface area contributed by atoms with Gasteiger partial charge in [0.15, 0.2) is 0 Å². The van der Waals surface area contributed by atoms with Crippen LogP contribution in [0.1, 0.15) is 0 Å². The van der Waals surface area contributed by atoms with Gasteiger partial charge in [0.1, 0.15) is 0 Å². The summed E-state index contributed by atoms with van der Waals surface area (Å²) in [4.78, 5) is 0. The molecule has 9 heteroatoms. The Morgan fingerprint density at radius 3 is 0.444 bits per heavy atom. The molecule has 0 heterocycles. The average Bonchev–Trinajstić information content (AvgIpc) is 0. The Bertz CT molecular complexity index is 17.8. The number of rotatable bonds is 0. The molecule has 0 N–H and O–H groups in total. The van der Waals surface area contributed by atoms with Gasteiger partial charge in [-0.1, -0.05) is 0 Å². The second-order valence-electron chi connectivity index (χ2n) is 0. The molecule has 6 radical (unpaired) electrons. The molecule has 0 aromatic rings. The molecule has 0 bridgehead atoms. The normalized spacial score (nSPS) is 0. The van der Waals surface area contributed by atoms with Crippen molar-refractivity contribution in [3.63, 3.8) is 0 Å². The number of halogens is 6. The van der Waals surface area contributed by atoms with Crippen molar-refractivity contribution >= 4 is 81.9 Å². The van der Waals surface area contributed by atoms with Gasteiger partial charge < -0.3 is 107 Å². The molecular formula is Br2Cl2I2Pb3. The third-order valence-electron chi connectivity index (χ3n) is 0. The molecule has 9 heavy (non-hydrogen) atoms. The van der Waals surface area contributed by atoms with Crippen molar-refractivity contribution in [1.29, 1.82) is 0 Å². The van der Waals surface area contributed by atoms with Crippen LogP contribution in [0.15, 0.2) is 0 Å². The van der Waals surface area contributed by atoms with Crippen LogP contribution >= 0.6 is 0 Å². The minimum absolute atomic E-state index is 0. The van der Waals surface area contributed by atoms with Crippen molar-refractivity contribution in [2.45, 2.75) is 0 Å². The SMILES string of the molecule is [Br-].[Br-].[Cl-].[Cl-].[I-].[I-].[Pb+2].[Pb+2].[Pb+2]. The first-order valence-corrected chi connectivity index (χ1v) is 0. The van der Waals surface area contributed by atoms with Crippen molar-refractivity contribution in [2.24, 2.45) is 0 Å². The van der Waals surface area contributed by atoms with Gasteiger partial charge in [-0.3, -0.25) is 0 Å². The van der Waals surface area contributed by atoms with E-state index < -0.39 is 0 Å². The van der Waals surface area contributed by atoms with E-state index in [2.05, 4.69) is 0 Å². The molecule has 0 saturated carbocycles. The fraction of sp³-hybridized carbons (Fsp3) is 0. The zero-order chi connectivity index (χ0) is 0. The summed E-state index contributed by atoms with van der Waals surface area (Å²) in [6, 6.07) is 0. The summed E-state index contributed by atoms with van der Waals surface area (Å²) in [7, 11) is 0. The van der Waals surface area contributed by atoms with Crippen LogP contribution in [0.5, 0.6) is 0 Å². The zero-order valence-corrected chi connectivity index (χ0v) is 24.4. The first-order chi connectivity index (χ1) is 0. The Morgan fingerprint density at radius 2 is 0.444 bits per heavy atom. The molecule has 0 nitrogen and oxygen atoms in total. The summed E-state index contributed by atoms with van der Waals surface area (Å²) < 4.78 is 0. The van der Waals surface area contributed by atoms with E-state index in [0.29, 0.717) is 0 Å². The van der Waals surface area contributed by atoms with E-state index in [1.807, 2.05) is 0 Å². The van der Waals surface area contributed by atoms with E-state index in [9.17, 15) is 0 Å². The van der Waals surface area contributed by atoms with E-state index in [0.717, 1.165) is 0 Å². The number of hydrogen-bond donors (Lipinski definition) is 0. The predicted octanol–water partition coefficient (Wildman–Crippen LogP) is -19.1. The fourth-order valence-corrected chi connectivity index (χ4v) is 0. The smallest absolute Gasteiger partial charge is 1.00 e. The molecule has 0 atom stereocenters. The fourth-order valence-electron chi connectivity index (χ4n) is 0. The molecule has 0 saturated heterocycles. The molecule has 0 spiro atoms. The Balaban J connectivity index is 0. The van der Waals surface area contributed by atoms with Crippen LogP contribution < -0.4 is 107 Å². The third-order valence-corrected chi connectivity index (χ3v) is 0. The standard InChI is InChI=1S/2BrH.2ClH.2HI.3Pb/h6*1H;;;/q;;;;;;3*+2/p-6. The van der Waals surface area contributed by atoms with Crippen molar-refractivity contribution in [3.05, 3.63) is 0 Å². The summed E-state index contributed by atoms with van der Waals surface area (Å²) >= 11 is 0. The van der Waals surface area contributed by atoms with Gasteiger partial charge in [-0.05, 0) is 0 Å². The van der Waals surface area contributed by atoms with Gasteiger partial charge in [0.05, 0.1) is 0 Å². The minimum Gasteiger partial charge on any atom is -1.00 e. The first kappa shape index (κ1) is 84.2. The van der Waals surface area contributed by atoms with Crippen LogP contribution in [0.25, 0.3) is 0 Å². The molecular weight excluding hydrogens is 1110 g/mol. The Hall–Kier alpha value is 5.77. The van der Waals surface area contributed by atoms with Gasteiger partial charge in [0.2, 0.25) is 0 Å².